The molecule has 1 heterocycles. The predicted octanol–water partition coefficient (Wildman–Crippen LogP) is 0.267. The van der Waals surface area contributed by atoms with E-state index in [0.29, 0.717) is 5.75 Å². The minimum atomic E-state index is -1.28. The van der Waals surface area contributed by atoms with Crippen molar-refractivity contribution in [2.24, 2.45) is 0 Å². The summed E-state index contributed by atoms with van der Waals surface area (Å²) in [5.41, 5.74) is 0. The topological polar surface area (TPSA) is 79.2 Å². The van der Waals surface area contributed by atoms with Gasteiger partial charge in [-0.25, -0.2) is 0 Å². The van der Waals surface area contributed by atoms with Gasteiger partial charge in [0.2, 0.25) is 6.29 Å². The zero-order chi connectivity index (χ0) is 12.4. The first kappa shape index (κ1) is 12.8. The molecule has 0 aliphatic carbocycles. The molecule has 1 aliphatic rings. The van der Waals surface area contributed by atoms with Crippen LogP contribution in [0.15, 0.2) is 28.7 Å². The monoisotopic (exact) mass is 304 g/mol. The Morgan fingerprint density at radius 3 is 2.41 bits per heavy atom. The van der Waals surface area contributed by atoms with Crippen LogP contribution in [0.2, 0.25) is 0 Å². The maximum absolute atomic E-state index is 9.65. The van der Waals surface area contributed by atoms with Crippen molar-refractivity contribution in [2.75, 3.05) is 6.61 Å². The highest BCUT2D eigenvalue weighted by Gasteiger charge is 2.38. The molecule has 17 heavy (non-hydrogen) atoms. The number of hydrogen-bond donors (Lipinski definition) is 3. The molecule has 1 saturated heterocycles. The van der Waals surface area contributed by atoms with Crippen LogP contribution in [-0.2, 0) is 4.74 Å². The molecule has 5 nitrogen and oxygen atoms in total. The Bertz CT molecular complexity index is 369. The highest BCUT2D eigenvalue weighted by atomic mass is 79.9. The second-order valence-corrected chi connectivity index (χ2v) is 4.74. The fraction of sp³-hybridized carbons (Fsp3) is 0.455. The molecule has 2 rings (SSSR count). The summed E-state index contributed by atoms with van der Waals surface area (Å²) in [5.74, 6) is 0.515. The molecule has 0 amide bonds. The van der Waals surface area contributed by atoms with Gasteiger partial charge in [-0.3, -0.25) is 0 Å². The zero-order valence-electron chi connectivity index (χ0n) is 8.86. The Morgan fingerprint density at radius 1 is 1.12 bits per heavy atom. The largest absolute Gasteiger partial charge is 0.462 e. The number of hydrogen-bond acceptors (Lipinski definition) is 5. The second kappa shape index (κ2) is 5.32. The molecule has 1 aromatic rings. The fourth-order valence-electron chi connectivity index (χ4n) is 1.53. The lowest BCUT2D eigenvalue weighted by molar-refractivity contribution is -0.242. The number of halogens is 1. The molecular weight excluding hydrogens is 292 g/mol. The molecule has 94 valence electrons. The van der Waals surface area contributed by atoms with Gasteiger partial charge < -0.3 is 24.8 Å². The van der Waals surface area contributed by atoms with Gasteiger partial charge in [0.1, 0.15) is 24.1 Å². The molecule has 0 aromatic heterocycles. The van der Waals surface area contributed by atoms with Gasteiger partial charge in [-0.2, -0.15) is 0 Å². The molecule has 0 spiro atoms. The predicted molar refractivity (Wildman–Crippen MR) is 62.5 cm³/mol. The quantitative estimate of drug-likeness (QED) is 0.731. The average molecular weight is 305 g/mol. The van der Waals surface area contributed by atoms with Crippen molar-refractivity contribution in [3.8, 4) is 5.75 Å². The molecule has 0 saturated carbocycles. The van der Waals surface area contributed by atoms with E-state index in [9.17, 15) is 15.3 Å². The Labute approximate surface area is 107 Å². The summed E-state index contributed by atoms with van der Waals surface area (Å²) in [6, 6.07) is 6.99. The summed E-state index contributed by atoms with van der Waals surface area (Å²) in [7, 11) is 0. The molecule has 3 N–H and O–H groups in total. The van der Waals surface area contributed by atoms with E-state index < -0.39 is 24.6 Å². The molecular formula is C11H13BrO5. The Balaban J connectivity index is 2.01. The highest BCUT2D eigenvalue weighted by molar-refractivity contribution is 9.10. The third-order valence-electron chi connectivity index (χ3n) is 2.52. The van der Waals surface area contributed by atoms with E-state index in [4.69, 9.17) is 9.47 Å². The number of benzene rings is 1. The zero-order valence-corrected chi connectivity index (χ0v) is 10.4. The summed E-state index contributed by atoms with van der Waals surface area (Å²) in [5, 5.41) is 28.4. The van der Waals surface area contributed by atoms with E-state index in [1.807, 2.05) is 0 Å². The van der Waals surface area contributed by atoms with Crippen LogP contribution < -0.4 is 4.74 Å². The van der Waals surface area contributed by atoms with Crippen molar-refractivity contribution < 1.29 is 24.8 Å². The van der Waals surface area contributed by atoms with E-state index in [2.05, 4.69) is 15.9 Å². The molecule has 0 bridgehead atoms. The van der Waals surface area contributed by atoms with Gasteiger partial charge in [0, 0.05) is 4.47 Å². The first-order chi connectivity index (χ1) is 8.08. The molecule has 0 radical (unpaired) electrons. The van der Waals surface area contributed by atoms with Crippen molar-refractivity contribution in [1.29, 1.82) is 0 Å². The van der Waals surface area contributed by atoms with E-state index in [-0.39, 0.29) is 6.61 Å². The first-order valence-electron chi connectivity index (χ1n) is 5.16. The lowest BCUT2D eigenvalue weighted by atomic mass is 10.1. The fourth-order valence-corrected chi connectivity index (χ4v) is 1.79. The Kier molecular flexibility index (Phi) is 4.01. The lowest BCUT2D eigenvalue weighted by Crippen LogP contribution is -2.54. The second-order valence-electron chi connectivity index (χ2n) is 3.82. The normalized spacial score (nSPS) is 33.4. The molecule has 0 unspecified atom stereocenters. The van der Waals surface area contributed by atoms with Crippen LogP contribution >= 0.6 is 15.9 Å². The van der Waals surface area contributed by atoms with Gasteiger partial charge in [0.15, 0.2) is 0 Å². The highest BCUT2D eigenvalue weighted by Crippen LogP contribution is 2.22. The minimum Gasteiger partial charge on any atom is -0.462 e. The minimum absolute atomic E-state index is 0.0700. The number of aliphatic hydroxyl groups excluding tert-OH is 3. The average Bonchev–Trinajstić information content (AvgIpc) is 2.33. The van der Waals surface area contributed by atoms with Crippen LogP contribution in [0, 0.1) is 0 Å². The Morgan fingerprint density at radius 2 is 1.76 bits per heavy atom. The molecule has 6 heteroatoms. The number of aliphatic hydroxyl groups is 3. The summed E-state index contributed by atoms with van der Waals surface area (Å²) >= 11 is 3.29. The number of ether oxygens (including phenoxy) is 2. The summed E-state index contributed by atoms with van der Waals surface area (Å²) in [6.07, 6.45) is -4.60. The maximum Gasteiger partial charge on any atom is 0.228 e. The van der Waals surface area contributed by atoms with E-state index in [1.165, 1.54) is 0 Å². The van der Waals surface area contributed by atoms with Crippen molar-refractivity contribution in [3.63, 3.8) is 0 Å². The van der Waals surface area contributed by atoms with Crippen molar-refractivity contribution >= 4 is 15.9 Å². The van der Waals surface area contributed by atoms with Gasteiger partial charge >= 0.3 is 0 Å². The third kappa shape index (κ3) is 2.97. The Hall–Kier alpha value is -0.660. The summed E-state index contributed by atoms with van der Waals surface area (Å²) in [4.78, 5) is 0. The van der Waals surface area contributed by atoms with Crippen LogP contribution in [0.3, 0.4) is 0 Å². The van der Waals surface area contributed by atoms with Crippen LogP contribution in [0.1, 0.15) is 0 Å². The van der Waals surface area contributed by atoms with Crippen LogP contribution in [0.25, 0.3) is 0 Å². The molecule has 1 aromatic carbocycles. The van der Waals surface area contributed by atoms with Gasteiger partial charge in [0.05, 0.1) is 6.61 Å². The van der Waals surface area contributed by atoms with Gasteiger partial charge in [0.25, 0.3) is 0 Å². The van der Waals surface area contributed by atoms with Gasteiger partial charge in [-0.1, -0.05) is 15.9 Å². The van der Waals surface area contributed by atoms with Crippen molar-refractivity contribution in [3.05, 3.63) is 28.7 Å². The molecule has 1 aliphatic heterocycles. The summed E-state index contributed by atoms with van der Waals surface area (Å²) in [6.45, 7) is -0.0700. The van der Waals surface area contributed by atoms with Gasteiger partial charge in [-0.15, -0.1) is 0 Å². The standard InChI is InChI=1S/C11H13BrO5/c12-6-1-3-7(4-2-6)17-11-10(15)9(14)8(13)5-16-11/h1-4,8-11,13-15H,5H2/t8-,9+,10+,11-/m1/s1. The van der Waals surface area contributed by atoms with E-state index >= 15 is 0 Å². The SMILES string of the molecule is O[C@@H]1[C@@H](Oc2ccc(Br)cc2)OC[C@@H](O)[C@@H]1O. The summed E-state index contributed by atoms with van der Waals surface area (Å²) < 4.78 is 11.4. The van der Waals surface area contributed by atoms with E-state index in [0.717, 1.165) is 4.47 Å². The van der Waals surface area contributed by atoms with Crippen molar-refractivity contribution in [1.82, 2.24) is 0 Å². The first-order valence-corrected chi connectivity index (χ1v) is 5.95. The number of rotatable bonds is 2. The lowest BCUT2D eigenvalue weighted by Gasteiger charge is -2.34. The van der Waals surface area contributed by atoms with Gasteiger partial charge in [-0.05, 0) is 24.3 Å². The van der Waals surface area contributed by atoms with E-state index in [1.54, 1.807) is 24.3 Å². The van der Waals surface area contributed by atoms with Crippen LogP contribution in [0.5, 0.6) is 5.75 Å². The van der Waals surface area contributed by atoms with Crippen LogP contribution in [-0.4, -0.2) is 46.5 Å². The smallest absolute Gasteiger partial charge is 0.228 e. The van der Waals surface area contributed by atoms with Crippen LogP contribution in [0.4, 0.5) is 0 Å². The molecule has 4 atom stereocenters. The molecule has 1 fully saturated rings. The van der Waals surface area contributed by atoms with Crippen molar-refractivity contribution in [2.45, 2.75) is 24.6 Å². The maximum atomic E-state index is 9.65. The third-order valence-corrected chi connectivity index (χ3v) is 3.05.